The van der Waals surface area contributed by atoms with Crippen LogP contribution in [0.2, 0.25) is 0 Å². The van der Waals surface area contributed by atoms with E-state index in [0.29, 0.717) is 23.4 Å². The number of carbonyl (C=O) groups is 2. The van der Waals surface area contributed by atoms with Gasteiger partial charge in [0, 0.05) is 30.8 Å². The summed E-state index contributed by atoms with van der Waals surface area (Å²) >= 11 is 0. The van der Waals surface area contributed by atoms with Gasteiger partial charge in [-0.1, -0.05) is 13.8 Å². The van der Waals surface area contributed by atoms with E-state index in [-0.39, 0.29) is 36.5 Å². The van der Waals surface area contributed by atoms with E-state index >= 15 is 0 Å². The lowest BCUT2D eigenvalue weighted by molar-refractivity contribution is -0.152. The third-order valence-corrected chi connectivity index (χ3v) is 6.47. The highest BCUT2D eigenvalue weighted by atomic mass is 19.2. The highest BCUT2D eigenvalue weighted by molar-refractivity contribution is 5.94. The summed E-state index contributed by atoms with van der Waals surface area (Å²) in [4.78, 5) is 34.0. The summed E-state index contributed by atoms with van der Waals surface area (Å²) in [7, 11) is 0. The molecule has 3 heterocycles. The van der Waals surface area contributed by atoms with Crippen molar-refractivity contribution in [3.63, 3.8) is 0 Å². The zero-order valence-electron chi connectivity index (χ0n) is 21.3. The van der Waals surface area contributed by atoms with E-state index in [1.54, 1.807) is 15.9 Å². The van der Waals surface area contributed by atoms with Crippen LogP contribution in [0, 0.1) is 11.6 Å². The first-order valence-electron chi connectivity index (χ1n) is 11.9. The quantitative estimate of drug-likeness (QED) is 0.592. The molecule has 0 bridgehead atoms. The first kappa shape index (κ1) is 25.7. The van der Waals surface area contributed by atoms with Crippen LogP contribution in [0.4, 0.5) is 8.78 Å². The summed E-state index contributed by atoms with van der Waals surface area (Å²) in [6.45, 7) is 11.4. The molecular weight excluding hydrogens is 468 g/mol. The summed E-state index contributed by atoms with van der Waals surface area (Å²) in [6.07, 6.45) is 1.54. The molecule has 36 heavy (non-hydrogen) atoms. The Kier molecular flexibility index (Phi) is 6.36. The molecule has 4 rings (SSSR count). The van der Waals surface area contributed by atoms with Crippen LogP contribution in [-0.4, -0.2) is 72.1 Å². The maximum Gasteiger partial charge on any atom is 0.274 e. The molecule has 192 valence electrons. The molecule has 1 saturated heterocycles. The molecule has 0 radical (unpaired) electrons. The molecule has 2 aromatic heterocycles. The number of nitrogens with zero attached hydrogens (tertiary/aromatic N) is 5. The van der Waals surface area contributed by atoms with Gasteiger partial charge in [0.25, 0.3) is 11.8 Å². The second kappa shape index (κ2) is 8.92. The van der Waals surface area contributed by atoms with Gasteiger partial charge in [-0.25, -0.2) is 18.3 Å². The second-order valence-electron chi connectivity index (χ2n) is 10.7. The van der Waals surface area contributed by atoms with Gasteiger partial charge < -0.3 is 14.9 Å². The minimum atomic E-state index is -1.49. The maximum atomic E-state index is 13.9. The molecule has 10 heteroatoms. The molecule has 1 aromatic carbocycles. The Balaban J connectivity index is 1.69. The van der Waals surface area contributed by atoms with E-state index in [9.17, 15) is 23.5 Å². The number of rotatable bonds is 4. The normalized spacial score (nSPS) is 16.2. The number of aromatic nitrogens is 3. The average molecular weight is 500 g/mol. The smallest absolute Gasteiger partial charge is 0.274 e. The fraction of sp³-hybridized carbons (Fsp3) is 0.462. The molecule has 8 nitrogen and oxygen atoms in total. The van der Waals surface area contributed by atoms with Gasteiger partial charge in [-0.3, -0.25) is 9.59 Å². The highest BCUT2D eigenvalue weighted by Gasteiger charge is 2.42. The van der Waals surface area contributed by atoms with Crippen LogP contribution in [0.5, 0.6) is 0 Å². The molecule has 0 aliphatic carbocycles. The van der Waals surface area contributed by atoms with Crippen LogP contribution >= 0.6 is 0 Å². The number of piperazine rings is 1. The van der Waals surface area contributed by atoms with Crippen molar-refractivity contribution in [3.05, 3.63) is 53.4 Å². The first-order chi connectivity index (χ1) is 16.7. The first-order valence-corrected chi connectivity index (χ1v) is 11.9. The van der Waals surface area contributed by atoms with Crippen LogP contribution in [0.25, 0.3) is 16.9 Å². The second-order valence-corrected chi connectivity index (χ2v) is 10.7. The predicted octanol–water partition coefficient (Wildman–Crippen LogP) is 3.63. The van der Waals surface area contributed by atoms with Crippen LogP contribution in [0.1, 0.15) is 63.5 Å². The summed E-state index contributed by atoms with van der Waals surface area (Å²) in [6, 6.07) is 5.38. The number of hydrogen-bond donors (Lipinski definition) is 1. The van der Waals surface area contributed by atoms with Gasteiger partial charge in [0.2, 0.25) is 0 Å². The summed E-state index contributed by atoms with van der Waals surface area (Å²) < 4.78 is 28.8. The standard InChI is InChI=1S/C26H31F2N5O3/c1-15(2)17-12-20(16-7-8-18(27)19(28)11-16)30-33-13-21(29-22(17)33)23(34)32-10-9-31(14-25(32,3)4)24(35)26(5,6)36/h7-8,11-13,15,36H,9-10,14H2,1-6H3. The van der Waals surface area contributed by atoms with Crippen molar-refractivity contribution in [2.75, 3.05) is 19.6 Å². The van der Waals surface area contributed by atoms with Crippen molar-refractivity contribution < 1.29 is 23.5 Å². The van der Waals surface area contributed by atoms with Crippen molar-refractivity contribution >= 4 is 17.5 Å². The number of halogens is 2. The Morgan fingerprint density at radius 3 is 2.39 bits per heavy atom. The van der Waals surface area contributed by atoms with Crippen LogP contribution in [0.3, 0.4) is 0 Å². The number of benzene rings is 1. The Hall–Kier alpha value is -3.40. The fourth-order valence-corrected chi connectivity index (χ4v) is 4.56. The van der Waals surface area contributed by atoms with E-state index in [1.165, 1.54) is 30.6 Å². The van der Waals surface area contributed by atoms with Crippen molar-refractivity contribution in [1.82, 2.24) is 24.4 Å². The van der Waals surface area contributed by atoms with E-state index in [4.69, 9.17) is 0 Å². The minimum absolute atomic E-state index is 0.0257. The van der Waals surface area contributed by atoms with Crippen LogP contribution in [0.15, 0.2) is 30.5 Å². The Morgan fingerprint density at radius 1 is 1.11 bits per heavy atom. The third kappa shape index (κ3) is 4.69. The molecule has 0 unspecified atom stereocenters. The van der Waals surface area contributed by atoms with Crippen LogP contribution < -0.4 is 0 Å². The van der Waals surface area contributed by atoms with Crippen molar-refractivity contribution in [2.45, 2.75) is 58.6 Å². The number of imidazole rings is 1. The van der Waals surface area contributed by atoms with Crippen molar-refractivity contribution in [3.8, 4) is 11.3 Å². The lowest BCUT2D eigenvalue weighted by Crippen LogP contribution is -2.64. The topological polar surface area (TPSA) is 91.0 Å². The SMILES string of the molecule is CC(C)c1cc(-c2ccc(F)c(F)c2)nn2cc(C(=O)N3CCN(C(=O)C(C)(C)O)CC3(C)C)nc12. The molecule has 2 amide bonds. The molecule has 0 atom stereocenters. The lowest BCUT2D eigenvalue weighted by Gasteiger charge is -2.47. The van der Waals surface area contributed by atoms with Gasteiger partial charge in [-0.2, -0.15) is 5.10 Å². The average Bonchev–Trinajstić information content (AvgIpc) is 3.22. The van der Waals surface area contributed by atoms with Gasteiger partial charge in [0.05, 0.1) is 17.4 Å². The molecule has 1 fully saturated rings. The molecule has 1 aliphatic heterocycles. The van der Waals surface area contributed by atoms with Gasteiger partial charge in [0.1, 0.15) is 11.3 Å². The summed E-state index contributed by atoms with van der Waals surface area (Å²) in [5.41, 5.74) is 0.165. The van der Waals surface area contributed by atoms with Crippen molar-refractivity contribution in [1.29, 1.82) is 0 Å². The van der Waals surface area contributed by atoms with Crippen molar-refractivity contribution in [2.24, 2.45) is 0 Å². The number of aliphatic hydroxyl groups is 1. The molecule has 0 saturated carbocycles. The predicted molar refractivity (Wildman–Crippen MR) is 130 cm³/mol. The zero-order valence-corrected chi connectivity index (χ0v) is 21.3. The Labute approximate surface area is 208 Å². The van der Waals surface area contributed by atoms with Gasteiger partial charge in [-0.15, -0.1) is 0 Å². The van der Waals surface area contributed by atoms with E-state index in [1.807, 2.05) is 27.7 Å². The van der Waals surface area contributed by atoms with E-state index in [2.05, 4.69) is 10.1 Å². The minimum Gasteiger partial charge on any atom is -0.381 e. The molecule has 1 N–H and O–H groups in total. The largest absolute Gasteiger partial charge is 0.381 e. The summed E-state index contributed by atoms with van der Waals surface area (Å²) in [5, 5.41) is 14.6. The van der Waals surface area contributed by atoms with Gasteiger partial charge in [0.15, 0.2) is 17.3 Å². The number of hydrogen-bond acceptors (Lipinski definition) is 5. The van der Waals surface area contributed by atoms with Gasteiger partial charge in [-0.05, 0) is 57.9 Å². The number of amides is 2. The monoisotopic (exact) mass is 499 g/mol. The fourth-order valence-electron chi connectivity index (χ4n) is 4.56. The third-order valence-electron chi connectivity index (χ3n) is 6.47. The highest BCUT2D eigenvalue weighted by Crippen LogP contribution is 2.29. The maximum absolute atomic E-state index is 13.9. The zero-order chi connectivity index (χ0) is 26.6. The van der Waals surface area contributed by atoms with Gasteiger partial charge >= 0.3 is 0 Å². The number of fused-ring (bicyclic) bond motifs is 1. The lowest BCUT2D eigenvalue weighted by atomic mass is 9.96. The van der Waals surface area contributed by atoms with Crippen LogP contribution in [-0.2, 0) is 4.79 Å². The molecule has 3 aromatic rings. The molecule has 0 spiro atoms. The Morgan fingerprint density at radius 2 is 1.81 bits per heavy atom. The molecular formula is C26H31F2N5O3. The van der Waals surface area contributed by atoms with E-state index in [0.717, 1.165) is 17.7 Å². The molecule has 1 aliphatic rings. The Bertz CT molecular complexity index is 1340. The number of carbonyl (C=O) groups excluding carboxylic acids is 2. The van der Waals surface area contributed by atoms with E-state index < -0.39 is 22.8 Å². The summed E-state index contributed by atoms with van der Waals surface area (Å²) in [5.74, 6) is -2.56.